The first-order valence-electron chi connectivity index (χ1n) is 11.5. The molecule has 0 radical (unpaired) electrons. The summed E-state index contributed by atoms with van der Waals surface area (Å²) in [4.78, 5) is 15.6. The van der Waals surface area contributed by atoms with E-state index >= 15 is 0 Å². The van der Waals surface area contributed by atoms with Gasteiger partial charge >= 0.3 is 0 Å². The van der Waals surface area contributed by atoms with Crippen molar-refractivity contribution in [2.75, 3.05) is 40.5 Å². The molecule has 34 heavy (non-hydrogen) atoms. The van der Waals surface area contributed by atoms with E-state index in [0.717, 1.165) is 24.2 Å². The zero-order valence-corrected chi connectivity index (χ0v) is 20.7. The first-order chi connectivity index (χ1) is 16.3. The summed E-state index contributed by atoms with van der Waals surface area (Å²) in [6.45, 7) is 3.72. The maximum absolute atomic E-state index is 13.7. The molecule has 0 N–H and O–H groups in total. The third-order valence-corrected chi connectivity index (χ3v) is 8.49. The molecule has 8 nitrogen and oxygen atoms in total. The van der Waals surface area contributed by atoms with E-state index in [2.05, 4.69) is 6.92 Å². The van der Waals surface area contributed by atoms with E-state index in [1.54, 1.807) is 19.2 Å². The summed E-state index contributed by atoms with van der Waals surface area (Å²) in [6, 6.07) is 12.3. The van der Waals surface area contributed by atoms with Crippen LogP contribution in [0.4, 0.5) is 0 Å². The Morgan fingerprint density at radius 2 is 1.76 bits per heavy atom. The van der Waals surface area contributed by atoms with Crippen LogP contribution in [-0.4, -0.2) is 70.1 Å². The Kier molecular flexibility index (Phi) is 7.45. The monoisotopic (exact) mass is 488 g/mol. The highest BCUT2D eigenvalue weighted by Gasteiger charge is 2.36. The molecule has 2 aliphatic rings. The predicted octanol–water partition coefficient (Wildman–Crippen LogP) is 3.17. The molecule has 1 unspecified atom stereocenters. The lowest BCUT2D eigenvalue weighted by atomic mass is 10.1. The van der Waals surface area contributed by atoms with E-state index in [0.29, 0.717) is 31.2 Å². The number of methoxy groups -OCH3 is 2. The first kappa shape index (κ1) is 24.5. The number of ether oxygens (including phenoxy) is 3. The lowest BCUT2D eigenvalue weighted by Gasteiger charge is -2.30. The molecule has 9 heteroatoms. The van der Waals surface area contributed by atoms with Gasteiger partial charge in [-0.1, -0.05) is 12.1 Å². The molecule has 0 aromatic heterocycles. The molecule has 1 aliphatic heterocycles. The molecule has 1 aliphatic carbocycles. The van der Waals surface area contributed by atoms with Gasteiger partial charge in [-0.3, -0.25) is 4.79 Å². The Hall–Kier alpha value is -2.62. The van der Waals surface area contributed by atoms with Crippen molar-refractivity contribution in [3.05, 3.63) is 53.6 Å². The Labute approximate surface area is 201 Å². The highest BCUT2D eigenvalue weighted by molar-refractivity contribution is 7.89. The lowest BCUT2D eigenvalue weighted by molar-refractivity contribution is 0.0653. The minimum absolute atomic E-state index is 0.00576. The number of morpholine rings is 1. The van der Waals surface area contributed by atoms with Crippen LogP contribution < -0.4 is 9.47 Å². The number of amides is 1. The number of carbonyl (C=O) groups excluding carboxylic acids is 1. The highest BCUT2D eigenvalue weighted by atomic mass is 32.2. The second-order valence-corrected chi connectivity index (χ2v) is 10.6. The van der Waals surface area contributed by atoms with Crippen LogP contribution in [-0.2, 0) is 21.3 Å². The molecule has 1 saturated heterocycles. The summed E-state index contributed by atoms with van der Waals surface area (Å²) in [5.41, 5.74) is 1.31. The van der Waals surface area contributed by atoms with Crippen molar-refractivity contribution in [2.45, 2.75) is 37.2 Å². The molecular weight excluding hydrogens is 456 g/mol. The maximum Gasteiger partial charge on any atom is 0.254 e. The summed E-state index contributed by atoms with van der Waals surface area (Å²) < 4.78 is 44.0. The second kappa shape index (κ2) is 10.3. The topological polar surface area (TPSA) is 85.4 Å². The van der Waals surface area contributed by atoms with E-state index < -0.39 is 10.0 Å². The molecule has 0 spiro atoms. The Balaban J connectivity index is 1.66. The number of hydrogen-bond donors (Lipinski definition) is 0. The van der Waals surface area contributed by atoms with Gasteiger partial charge in [0, 0.05) is 31.2 Å². The summed E-state index contributed by atoms with van der Waals surface area (Å²) in [5, 5.41) is 0. The first-order valence-corrected chi connectivity index (χ1v) is 13.0. The molecule has 2 fully saturated rings. The smallest absolute Gasteiger partial charge is 0.254 e. The average Bonchev–Trinajstić information content (AvgIpc) is 3.72. The van der Waals surface area contributed by atoms with Crippen LogP contribution in [0.1, 0.15) is 35.7 Å². The van der Waals surface area contributed by atoms with Crippen molar-refractivity contribution in [1.29, 1.82) is 0 Å². The minimum atomic E-state index is -3.83. The lowest BCUT2D eigenvalue weighted by Crippen LogP contribution is -2.41. The van der Waals surface area contributed by atoms with Crippen LogP contribution in [0.2, 0.25) is 0 Å². The van der Waals surface area contributed by atoms with Gasteiger partial charge in [-0.05, 0) is 61.6 Å². The van der Waals surface area contributed by atoms with Crippen LogP contribution in [0.15, 0.2) is 47.4 Å². The predicted molar refractivity (Wildman–Crippen MR) is 128 cm³/mol. The summed E-state index contributed by atoms with van der Waals surface area (Å²) in [7, 11) is -0.785. The Bertz CT molecular complexity index is 1110. The van der Waals surface area contributed by atoms with Crippen LogP contribution in [0.5, 0.6) is 11.5 Å². The van der Waals surface area contributed by atoms with Crippen molar-refractivity contribution in [1.82, 2.24) is 9.21 Å². The minimum Gasteiger partial charge on any atom is -0.497 e. The van der Waals surface area contributed by atoms with Crippen molar-refractivity contribution >= 4 is 15.9 Å². The fraction of sp³-hybridized carbons (Fsp3) is 0.480. The molecule has 1 atom stereocenters. The van der Waals surface area contributed by atoms with Crippen molar-refractivity contribution < 1.29 is 27.4 Å². The van der Waals surface area contributed by atoms with Gasteiger partial charge in [0.05, 0.1) is 27.4 Å². The van der Waals surface area contributed by atoms with Crippen molar-refractivity contribution in [2.24, 2.45) is 5.92 Å². The summed E-state index contributed by atoms with van der Waals surface area (Å²) in [5.74, 6) is 1.23. The van der Waals surface area contributed by atoms with Crippen LogP contribution >= 0.6 is 0 Å². The fourth-order valence-corrected chi connectivity index (χ4v) is 5.85. The van der Waals surface area contributed by atoms with E-state index in [4.69, 9.17) is 14.2 Å². The Morgan fingerprint density at radius 1 is 1.09 bits per heavy atom. The third-order valence-electron chi connectivity index (χ3n) is 6.57. The number of sulfonamides is 1. The second-order valence-electron chi connectivity index (χ2n) is 8.74. The van der Waals surface area contributed by atoms with Crippen LogP contribution in [0.3, 0.4) is 0 Å². The number of nitrogens with zero attached hydrogens (tertiary/aromatic N) is 2. The van der Waals surface area contributed by atoms with Gasteiger partial charge < -0.3 is 19.1 Å². The molecule has 1 saturated carbocycles. The molecule has 1 amide bonds. The van der Waals surface area contributed by atoms with Gasteiger partial charge in [0.15, 0.2) is 0 Å². The molecular formula is C25H32N2O6S. The normalized spacial score (nSPS) is 17.7. The van der Waals surface area contributed by atoms with Gasteiger partial charge in [-0.2, -0.15) is 4.31 Å². The number of rotatable bonds is 9. The van der Waals surface area contributed by atoms with Gasteiger partial charge in [-0.15, -0.1) is 0 Å². The zero-order chi connectivity index (χ0) is 24.3. The summed E-state index contributed by atoms with van der Waals surface area (Å²) in [6.07, 6.45) is 2.18. The van der Waals surface area contributed by atoms with E-state index in [1.165, 1.54) is 17.5 Å². The quantitative estimate of drug-likeness (QED) is 0.539. The SMILES string of the molecule is COc1ccc(CN(C(=O)c2ccc(OC)c(S(=O)(=O)N3CCOCC3)c2)C(C)C2CC2)cc1. The average molecular weight is 489 g/mol. The van der Waals surface area contributed by atoms with Gasteiger partial charge in [0.1, 0.15) is 16.4 Å². The number of carbonyl (C=O) groups is 1. The standard InChI is InChI=1S/C25H32N2O6S/c1-18(20-6-7-20)27(17-19-4-9-22(31-2)10-5-19)25(28)21-8-11-23(32-3)24(16-21)34(29,30)26-12-14-33-15-13-26/h4-5,8-11,16,18,20H,6-7,12-15,17H2,1-3H3. The van der Waals surface area contributed by atoms with Crippen molar-refractivity contribution in [3.63, 3.8) is 0 Å². The fourth-order valence-electron chi connectivity index (χ4n) is 4.26. The van der Waals surface area contributed by atoms with Gasteiger partial charge in [-0.25, -0.2) is 8.42 Å². The van der Waals surface area contributed by atoms with Gasteiger partial charge in [0.2, 0.25) is 10.0 Å². The number of hydrogen-bond acceptors (Lipinski definition) is 6. The largest absolute Gasteiger partial charge is 0.497 e. The van der Waals surface area contributed by atoms with E-state index in [1.807, 2.05) is 29.2 Å². The molecule has 184 valence electrons. The zero-order valence-electron chi connectivity index (χ0n) is 19.9. The number of benzene rings is 2. The molecule has 2 aromatic rings. The molecule has 4 rings (SSSR count). The molecule has 1 heterocycles. The molecule has 2 aromatic carbocycles. The third kappa shape index (κ3) is 5.21. The Morgan fingerprint density at radius 3 is 2.35 bits per heavy atom. The van der Waals surface area contributed by atoms with Gasteiger partial charge in [0.25, 0.3) is 5.91 Å². The van der Waals surface area contributed by atoms with Crippen LogP contribution in [0, 0.1) is 5.92 Å². The molecule has 0 bridgehead atoms. The van der Waals surface area contributed by atoms with E-state index in [-0.39, 0.29) is 35.7 Å². The maximum atomic E-state index is 13.7. The summed E-state index contributed by atoms with van der Waals surface area (Å²) >= 11 is 0. The van der Waals surface area contributed by atoms with Crippen molar-refractivity contribution in [3.8, 4) is 11.5 Å². The van der Waals surface area contributed by atoms with Crippen LogP contribution in [0.25, 0.3) is 0 Å². The van der Waals surface area contributed by atoms with E-state index in [9.17, 15) is 13.2 Å². The highest BCUT2D eigenvalue weighted by Crippen LogP contribution is 2.37.